The number of nitrogens with one attached hydrogen (secondary N) is 3. The summed E-state index contributed by atoms with van der Waals surface area (Å²) in [5.41, 5.74) is 0.552. The Bertz CT molecular complexity index is 1050. The van der Waals surface area contributed by atoms with E-state index in [-0.39, 0.29) is 18.7 Å². The molecule has 0 radical (unpaired) electrons. The van der Waals surface area contributed by atoms with Crippen LogP contribution in [0, 0.1) is 0 Å². The van der Waals surface area contributed by atoms with Gasteiger partial charge in [-0.3, -0.25) is 14.4 Å². The van der Waals surface area contributed by atoms with Crippen molar-refractivity contribution >= 4 is 45.8 Å². The summed E-state index contributed by atoms with van der Waals surface area (Å²) < 4.78 is 0. The molecular weight excluding hydrogens is 436 g/mol. The number of hydrogen-bond donors (Lipinski definition) is 5. The summed E-state index contributed by atoms with van der Waals surface area (Å²) in [5, 5.41) is 27.4. The maximum Gasteiger partial charge on any atom is 0.326 e. The Balaban J connectivity index is 1.66. The van der Waals surface area contributed by atoms with Gasteiger partial charge in [-0.05, 0) is 37.6 Å². The molecule has 2 heterocycles. The van der Waals surface area contributed by atoms with Crippen molar-refractivity contribution in [2.45, 2.75) is 31.5 Å². The summed E-state index contributed by atoms with van der Waals surface area (Å²) in [6, 6.07) is 9.24. The van der Waals surface area contributed by atoms with Crippen molar-refractivity contribution in [1.29, 1.82) is 0 Å². The number of hydrogen-bond acceptors (Lipinski definition) is 7. The van der Waals surface area contributed by atoms with E-state index in [1.807, 2.05) is 31.0 Å². The second-order valence-corrected chi connectivity index (χ2v) is 8.81. The van der Waals surface area contributed by atoms with Gasteiger partial charge >= 0.3 is 11.9 Å². The van der Waals surface area contributed by atoms with Gasteiger partial charge in [0.25, 0.3) is 11.8 Å². The minimum Gasteiger partial charge on any atom is -0.481 e. The van der Waals surface area contributed by atoms with Crippen molar-refractivity contribution in [3.63, 3.8) is 0 Å². The van der Waals surface area contributed by atoms with E-state index in [2.05, 4.69) is 16.0 Å². The SMILES string of the molecule is CN(CC1(C)NC(=O)c2ccccc2N1)c1ccc(C(=O)N[C@@H](CCC(=O)O)C(=O)O)s1. The summed E-state index contributed by atoms with van der Waals surface area (Å²) in [7, 11) is 1.82. The Morgan fingerprint density at radius 1 is 1.16 bits per heavy atom. The van der Waals surface area contributed by atoms with Crippen molar-refractivity contribution in [3.05, 3.63) is 46.8 Å². The lowest BCUT2D eigenvalue weighted by molar-refractivity contribution is -0.140. The van der Waals surface area contributed by atoms with Gasteiger partial charge in [-0.25, -0.2) is 4.79 Å². The zero-order chi connectivity index (χ0) is 23.5. The molecular formula is C21H24N4O6S. The van der Waals surface area contributed by atoms with E-state index < -0.39 is 29.6 Å². The molecule has 2 aromatic rings. The van der Waals surface area contributed by atoms with E-state index in [1.54, 1.807) is 24.3 Å². The summed E-state index contributed by atoms with van der Waals surface area (Å²) in [6.07, 6.45) is -0.574. The highest BCUT2D eigenvalue weighted by Gasteiger charge is 2.34. The Morgan fingerprint density at radius 3 is 2.56 bits per heavy atom. The second kappa shape index (κ2) is 9.27. The van der Waals surface area contributed by atoms with Gasteiger partial charge in [0.15, 0.2) is 0 Å². The van der Waals surface area contributed by atoms with Crippen molar-refractivity contribution < 1.29 is 29.4 Å². The van der Waals surface area contributed by atoms with Crippen molar-refractivity contribution in [3.8, 4) is 0 Å². The molecule has 11 heteroatoms. The molecule has 5 N–H and O–H groups in total. The van der Waals surface area contributed by atoms with E-state index in [9.17, 15) is 24.3 Å². The van der Waals surface area contributed by atoms with Crippen molar-refractivity contribution in [1.82, 2.24) is 10.6 Å². The number of anilines is 2. The van der Waals surface area contributed by atoms with Gasteiger partial charge in [-0.1, -0.05) is 12.1 Å². The van der Waals surface area contributed by atoms with Gasteiger partial charge in [0.1, 0.15) is 11.7 Å². The van der Waals surface area contributed by atoms with Crippen LogP contribution in [0.5, 0.6) is 0 Å². The molecule has 2 atom stereocenters. The van der Waals surface area contributed by atoms with Gasteiger partial charge in [0.05, 0.1) is 22.0 Å². The first-order valence-corrected chi connectivity index (χ1v) is 10.7. The number of thiophene rings is 1. The number of fused-ring (bicyclic) bond motifs is 1. The van der Waals surface area contributed by atoms with Crippen LogP contribution in [-0.2, 0) is 9.59 Å². The largest absolute Gasteiger partial charge is 0.481 e. The minimum absolute atomic E-state index is 0.178. The molecule has 0 bridgehead atoms. The van der Waals surface area contributed by atoms with E-state index in [4.69, 9.17) is 5.11 Å². The molecule has 0 saturated heterocycles. The summed E-state index contributed by atoms with van der Waals surface area (Å²) >= 11 is 1.17. The molecule has 1 aromatic heterocycles. The first kappa shape index (κ1) is 23.1. The zero-order valence-corrected chi connectivity index (χ0v) is 18.4. The average Bonchev–Trinajstić information content (AvgIpc) is 3.21. The number of carboxylic acids is 2. The number of carbonyl (C=O) groups is 4. The Kier molecular flexibility index (Phi) is 6.68. The molecule has 32 heavy (non-hydrogen) atoms. The Morgan fingerprint density at radius 2 is 1.88 bits per heavy atom. The fourth-order valence-electron chi connectivity index (χ4n) is 3.48. The molecule has 1 aromatic carbocycles. The molecule has 1 unspecified atom stereocenters. The van der Waals surface area contributed by atoms with Crippen LogP contribution < -0.4 is 20.9 Å². The summed E-state index contributed by atoms with van der Waals surface area (Å²) in [4.78, 5) is 49.1. The number of benzene rings is 1. The van der Waals surface area contributed by atoms with Crippen LogP contribution in [0.4, 0.5) is 10.7 Å². The standard InChI is InChI=1S/C21H24N4O6S/c1-21(23-13-6-4-3-5-12(13)18(28)24-21)11-25(2)16-9-8-15(32-16)19(29)22-14(20(30)31)7-10-17(26)27/h3-6,8-9,14,23H,7,10-11H2,1-2H3,(H,22,29)(H,24,28)(H,26,27)(H,30,31)/t14-,21?/m0/s1. The lowest BCUT2D eigenvalue weighted by Crippen LogP contribution is -2.60. The van der Waals surface area contributed by atoms with Crippen LogP contribution in [0.1, 0.15) is 39.8 Å². The Hall–Kier alpha value is -3.60. The van der Waals surface area contributed by atoms with Crippen LogP contribution in [-0.4, -0.2) is 59.3 Å². The highest BCUT2D eigenvalue weighted by molar-refractivity contribution is 7.18. The number of aliphatic carboxylic acids is 2. The highest BCUT2D eigenvalue weighted by atomic mass is 32.1. The van der Waals surface area contributed by atoms with Crippen LogP contribution in [0.2, 0.25) is 0 Å². The maximum atomic E-state index is 12.5. The topological polar surface area (TPSA) is 148 Å². The fourth-order valence-corrected chi connectivity index (χ4v) is 4.35. The predicted molar refractivity (Wildman–Crippen MR) is 119 cm³/mol. The highest BCUT2D eigenvalue weighted by Crippen LogP contribution is 2.29. The molecule has 3 rings (SSSR count). The zero-order valence-electron chi connectivity index (χ0n) is 17.5. The van der Waals surface area contributed by atoms with Crippen LogP contribution >= 0.6 is 11.3 Å². The van der Waals surface area contributed by atoms with E-state index in [1.165, 1.54) is 11.3 Å². The van der Waals surface area contributed by atoms with Gasteiger partial charge in [-0.15, -0.1) is 11.3 Å². The first-order valence-electron chi connectivity index (χ1n) is 9.84. The van der Waals surface area contributed by atoms with Gasteiger partial charge in [0.2, 0.25) is 0 Å². The van der Waals surface area contributed by atoms with Gasteiger partial charge in [-0.2, -0.15) is 0 Å². The third-order valence-corrected chi connectivity index (χ3v) is 6.17. The molecule has 0 fully saturated rings. The lowest BCUT2D eigenvalue weighted by Gasteiger charge is -2.40. The number of likely N-dealkylation sites (N-methyl/N-ethyl adjacent to an activating group) is 1. The summed E-state index contributed by atoms with van der Waals surface area (Å²) in [6.45, 7) is 2.25. The van der Waals surface area contributed by atoms with E-state index in [0.717, 1.165) is 10.7 Å². The predicted octanol–water partition coefficient (Wildman–Crippen LogP) is 1.80. The van der Waals surface area contributed by atoms with E-state index >= 15 is 0 Å². The van der Waals surface area contributed by atoms with Crippen molar-refractivity contribution in [2.24, 2.45) is 0 Å². The quantitative estimate of drug-likeness (QED) is 0.380. The Labute approximate surface area is 188 Å². The van der Waals surface area contributed by atoms with E-state index in [0.29, 0.717) is 17.0 Å². The first-order chi connectivity index (χ1) is 15.1. The smallest absolute Gasteiger partial charge is 0.326 e. The van der Waals surface area contributed by atoms with Crippen LogP contribution in [0.25, 0.3) is 0 Å². The molecule has 0 aliphatic carbocycles. The monoisotopic (exact) mass is 460 g/mol. The number of rotatable bonds is 9. The summed E-state index contributed by atoms with van der Waals surface area (Å²) in [5.74, 6) is -3.19. The molecule has 0 saturated carbocycles. The number of para-hydroxylation sites is 1. The molecule has 0 spiro atoms. The lowest BCUT2D eigenvalue weighted by atomic mass is 10.0. The van der Waals surface area contributed by atoms with Gasteiger partial charge < -0.3 is 31.1 Å². The van der Waals surface area contributed by atoms with Crippen LogP contribution in [0.15, 0.2) is 36.4 Å². The molecule has 2 amide bonds. The minimum atomic E-state index is -1.29. The van der Waals surface area contributed by atoms with Crippen LogP contribution in [0.3, 0.4) is 0 Å². The number of amides is 2. The molecule has 1 aliphatic heterocycles. The normalized spacial score (nSPS) is 18.0. The third-order valence-electron chi connectivity index (χ3n) is 4.97. The maximum absolute atomic E-state index is 12.5. The molecule has 10 nitrogen and oxygen atoms in total. The van der Waals surface area contributed by atoms with Crippen molar-refractivity contribution in [2.75, 3.05) is 23.8 Å². The molecule has 1 aliphatic rings. The molecule has 170 valence electrons. The number of nitrogens with zero attached hydrogens (tertiary/aromatic N) is 1. The second-order valence-electron chi connectivity index (χ2n) is 7.75. The number of carbonyl (C=O) groups excluding carboxylic acids is 2. The number of carboxylic acid groups (broad SMARTS) is 2. The fraction of sp³-hybridized carbons (Fsp3) is 0.333. The van der Waals surface area contributed by atoms with Gasteiger partial charge in [0, 0.05) is 19.2 Å². The average molecular weight is 461 g/mol. The third kappa shape index (κ3) is 5.35.